The fraction of sp³-hybridized carbons (Fsp3) is 1.00. The molecule has 0 bridgehead atoms. The third kappa shape index (κ3) is 4.71. The zero-order valence-electron chi connectivity index (χ0n) is 12.7. The van der Waals surface area contributed by atoms with Crippen molar-refractivity contribution >= 4 is 0 Å². The van der Waals surface area contributed by atoms with Gasteiger partial charge in [-0.15, -0.1) is 0 Å². The predicted octanol–water partition coefficient (Wildman–Crippen LogP) is 1.16. The van der Waals surface area contributed by atoms with Crippen molar-refractivity contribution < 1.29 is 4.74 Å². The molecule has 2 rings (SSSR count). The number of nitrogens with zero attached hydrogens (tertiary/aromatic N) is 2. The van der Waals surface area contributed by atoms with Crippen LogP contribution in [0.4, 0.5) is 0 Å². The summed E-state index contributed by atoms with van der Waals surface area (Å²) in [4.78, 5) is 5.25. The number of likely N-dealkylation sites (tertiary alicyclic amines) is 1. The van der Waals surface area contributed by atoms with Gasteiger partial charge < -0.3 is 15.4 Å². The average Bonchev–Trinajstić information content (AvgIpc) is 2.88. The van der Waals surface area contributed by atoms with Crippen LogP contribution in [-0.4, -0.2) is 68.3 Å². The molecule has 2 saturated heterocycles. The Morgan fingerprint density at radius 3 is 2.63 bits per heavy atom. The lowest BCUT2D eigenvalue weighted by Gasteiger charge is -2.32. The van der Waals surface area contributed by atoms with E-state index in [1.54, 1.807) is 0 Å². The fourth-order valence-corrected chi connectivity index (χ4v) is 3.14. The molecule has 112 valence electrons. The molecular weight excluding hydrogens is 238 g/mol. The number of ether oxygens (including phenoxy) is 1. The van der Waals surface area contributed by atoms with Crippen LogP contribution >= 0.6 is 0 Å². The Kier molecular flexibility index (Phi) is 5.63. The maximum atomic E-state index is 5.79. The van der Waals surface area contributed by atoms with E-state index in [2.05, 4.69) is 23.6 Å². The van der Waals surface area contributed by atoms with Crippen LogP contribution in [0.15, 0.2) is 0 Å². The van der Waals surface area contributed by atoms with E-state index in [0.29, 0.717) is 5.41 Å². The Hall–Kier alpha value is -0.160. The van der Waals surface area contributed by atoms with Crippen molar-refractivity contribution in [2.24, 2.45) is 11.1 Å². The van der Waals surface area contributed by atoms with Gasteiger partial charge in [0.15, 0.2) is 0 Å². The van der Waals surface area contributed by atoms with E-state index < -0.39 is 0 Å². The van der Waals surface area contributed by atoms with E-state index in [1.807, 2.05) is 0 Å². The molecule has 0 radical (unpaired) electrons. The molecule has 4 nitrogen and oxygen atoms in total. The summed E-state index contributed by atoms with van der Waals surface area (Å²) in [6, 6.07) is 0.770. The lowest BCUT2D eigenvalue weighted by Crippen LogP contribution is -2.44. The van der Waals surface area contributed by atoms with Gasteiger partial charge in [-0.05, 0) is 44.3 Å². The predicted molar refractivity (Wildman–Crippen MR) is 79.3 cm³/mol. The Balaban J connectivity index is 1.64. The number of morpholine rings is 1. The molecule has 0 aromatic carbocycles. The monoisotopic (exact) mass is 269 g/mol. The Morgan fingerprint density at radius 2 is 1.95 bits per heavy atom. The standard InChI is InChI=1S/C15H31N3O/c1-15(2,13-16)5-3-6-17-7-4-14(12-17)18-8-10-19-11-9-18/h14H,3-13,16H2,1-2H3. The minimum atomic E-state index is 0.309. The van der Waals surface area contributed by atoms with Gasteiger partial charge in [0.2, 0.25) is 0 Å². The maximum absolute atomic E-state index is 5.79. The number of hydrogen-bond donors (Lipinski definition) is 1. The Labute approximate surface area is 118 Å². The van der Waals surface area contributed by atoms with E-state index >= 15 is 0 Å². The molecule has 1 unspecified atom stereocenters. The van der Waals surface area contributed by atoms with Gasteiger partial charge in [0, 0.05) is 25.7 Å². The summed E-state index contributed by atoms with van der Waals surface area (Å²) in [5.41, 5.74) is 6.10. The highest BCUT2D eigenvalue weighted by Gasteiger charge is 2.28. The molecule has 2 aliphatic heterocycles. The highest BCUT2D eigenvalue weighted by Crippen LogP contribution is 2.22. The molecule has 4 heteroatoms. The molecule has 0 aromatic rings. The van der Waals surface area contributed by atoms with Gasteiger partial charge in [0.05, 0.1) is 13.2 Å². The van der Waals surface area contributed by atoms with Gasteiger partial charge in [0.25, 0.3) is 0 Å². The summed E-state index contributed by atoms with van der Waals surface area (Å²) in [7, 11) is 0. The topological polar surface area (TPSA) is 41.7 Å². The third-order valence-corrected chi connectivity index (χ3v) is 4.69. The van der Waals surface area contributed by atoms with Crippen LogP contribution in [0.5, 0.6) is 0 Å². The highest BCUT2D eigenvalue weighted by molar-refractivity contribution is 4.84. The Bertz CT molecular complexity index is 264. The Morgan fingerprint density at radius 1 is 1.21 bits per heavy atom. The first-order chi connectivity index (χ1) is 9.11. The minimum absolute atomic E-state index is 0.309. The van der Waals surface area contributed by atoms with E-state index in [4.69, 9.17) is 10.5 Å². The first-order valence-corrected chi connectivity index (χ1v) is 7.85. The zero-order valence-corrected chi connectivity index (χ0v) is 12.7. The van der Waals surface area contributed by atoms with Crippen LogP contribution in [0, 0.1) is 5.41 Å². The second kappa shape index (κ2) is 7.02. The summed E-state index contributed by atoms with van der Waals surface area (Å²) in [6.45, 7) is 13.2. The van der Waals surface area contributed by atoms with Crippen LogP contribution in [0.25, 0.3) is 0 Å². The van der Waals surface area contributed by atoms with Crippen molar-refractivity contribution in [3.05, 3.63) is 0 Å². The van der Waals surface area contributed by atoms with Gasteiger partial charge >= 0.3 is 0 Å². The average molecular weight is 269 g/mol. The zero-order chi connectivity index (χ0) is 13.7. The summed E-state index contributed by atoms with van der Waals surface area (Å²) >= 11 is 0. The summed E-state index contributed by atoms with van der Waals surface area (Å²) in [5.74, 6) is 0. The second-order valence-corrected chi connectivity index (χ2v) is 6.86. The molecule has 0 amide bonds. The normalized spacial score (nSPS) is 27.0. The van der Waals surface area contributed by atoms with Crippen molar-refractivity contribution in [2.75, 3.05) is 52.5 Å². The SMILES string of the molecule is CC(C)(CN)CCCN1CCC(N2CCOCC2)C1. The molecule has 2 heterocycles. The van der Waals surface area contributed by atoms with Gasteiger partial charge in [-0.25, -0.2) is 0 Å². The van der Waals surface area contributed by atoms with Crippen molar-refractivity contribution in [3.63, 3.8) is 0 Å². The third-order valence-electron chi connectivity index (χ3n) is 4.69. The molecule has 0 spiro atoms. The van der Waals surface area contributed by atoms with E-state index in [-0.39, 0.29) is 0 Å². The summed E-state index contributed by atoms with van der Waals surface area (Å²) < 4.78 is 5.43. The molecule has 1 atom stereocenters. The molecule has 2 fully saturated rings. The van der Waals surface area contributed by atoms with Crippen molar-refractivity contribution in [3.8, 4) is 0 Å². The van der Waals surface area contributed by atoms with Gasteiger partial charge in [-0.3, -0.25) is 4.90 Å². The molecule has 0 aliphatic carbocycles. The molecule has 0 saturated carbocycles. The van der Waals surface area contributed by atoms with Gasteiger partial charge in [-0.2, -0.15) is 0 Å². The van der Waals surface area contributed by atoms with E-state index in [1.165, 1.54) is 38.9 Å². The van der Waals surface area contributed by atoms with Crippen LogP contribution in [0.1, 0.15) is 33.1 Å². The molecule has 0 aromatic heterocycles. The number of rotatable bonds is 6. The first-order valence-electron chi connectivity index (χ1n) is 7.85. The van der Waals surface area contributed by atoms with Crippen molar-refractivity contribution in [1.29, 1.82) is 0 Å². The minimum Gasteiger partial charge on any atom is -0.379 e. The molecule has 2 N–H and O–H groups in total. The second-order valence-electron chi connectivity index (χ2n) is 6.86. The lowest BCUT2D eigenvalue weighted by atomic mass is 9.88. The molecular formula is C15H31N3O. The fourth-order valence-electron chi connectivity index (χ4n) is 3.14. The van der Waals surface area contributed by atoms with Crippen molar-refractivity contribution in [2.45, 2.75) is 39.2 Å². The van der Waals surface area contributed by atoms with Crippen LogP contribution in [-0.2, 0) is 4.74 Å². The number of hydrogen-bond acceptors (Lipinski definition) is 4. The van der Waals surface area contributed by atoms with Crippen LogP contribution < -0.4 is 5.73 Å². The van der Waals surface area contributed by atoms with Crippen LogP contribution in [0.2, 0.25) is 0 Å². The molecule has 2 aliphatic rings. The molecule has 19 heavy (non-hydrogen) atoms. The lowest BCUT2D eigenvalue weighted by molar-refractivity contribution is 0.0184. The highest BCUT2D eigenvalue weighted by atomic mass is 16.5. The largest absolute Gasteiger partial charge is 0.379 e. The summed E-state index contributed by atoms with van der Waals surface area (Å²) in [5, 5.41) is 0. The van der Waals surface area contributed by atoms with Gasteiger partial charge in [-0.1, -0.05) is 13.8 Å². The maximum Gasteiger partial charge on any atom is 0.0594 e. The quantitative estimate of drug-likeness (QED) is 0.786. The van der Waals surface area contributed by atoms with Gasteiger partial charge in [0.1, 0.15) is 0 Å². The summed E-state index contributed by atoms with van der Waals surface area (Å²) in [6.07, 6.45) is 3.85. The number of nitrogens with two attached hydrogens (primary N) is 1. The van der Waals surface area contributed by atoms with E-state index in [9.17, 15) is 0 Å². The van der Waals surface area contributed by atoms with E-state index in [0.717, 1.165) is 38.9 Å². The smallest absolute Gasteiger partial charge is 0.0594 e. The van der Waals surface area contributed by atoms with Crippen molar-refractivity contribution in [1.82, 2.24) is 9.80 Å². The van der Waals surface area contributed by atoms with Crippen LogP contribution in [0.3, 0.4) is 0 Å². The first kappa shape index (κ1) is 15.2.